The lowest BCUT2D eigenvalue weighted by Gasteiger charge is -2.27. The molecule has 0 bridgehead atoms. The van der Waals surface area contributed by atoms with Crippen LogP contribution in [0.2, 0.25) is 0 Å². The van der Waals surface area contributed by atoms with Crippen molar-refractivity contribution in [3.63, 3.8) is 0 Å². The van der Waals surface area contributed by atoms with Gasteiger partial charge in [0.1, 0.15) is 16.6 Å². The molecule has 1 aromatic rings. The molecule has 0 aliphatic carbocycles. The van der Waals surface area contributed by atoms with E-state index in [-0.39, 0.29) is 23.0 Å². The summed E-state index contributed by atoms with van der Waals surface area (Å²) in [5.41, 5.74) is -0.309. The lowest BCUT2D eigenvalue weighted by molar-refractivity contribution is -0.125. The Morgan fingerprint density at radius 2 is 1.96 bits per heavy atom. The lowest BCUT2D eigenvalue weighted by Crippen LogP contribution is -2.51. The van der Waals surface area contributed by atoms with E-state index in [0.717, 1.165) is 0 Å². The number of carbonyl (C=O) groups excluding carboxylic acids is 2. The van der Waals surface area contributed by atoms with Gasteiger partial charge in [0.2, 0.25) is 15.9 Å². The van der Waals surface area contributed by atoms with Crippen LogP contribution in [0.15, 0.2) is 17.2 Å². The highest BCUT2D eigenvalue weighted by Crippen LogP contribution is 2.27. The number of sulfonamides is 1. The molecule has 1 saturated heterocycles. The Bertz CT molecular complexity index is 776. The molecule has 0 spiro atoms. The highest BCUT2D eigenvalue weighted by Gasteiger charge is 2.41. The van der Waals surface area contributed by atoms with E-state index in [1.807, 2.05) is 20.8 Å². The number of aryl methyl sites for hydroxylation is 1. The molecule has 140 valence electrons. The van der Waals surface area contributed by atoms with Gasteiger partial charge in [0.15, 0.2) is 0 Å². The zero-order valence-corrected chi connectivity index (χ0v) is 16.0. The van der Waals surface area contributed by atoms with Gasteiger partial charge >= 0.3 is 5.97 Å². The first-order valence-electron chi connectivity index (χ1n) is 8.06. The maximum atomic E-state index is 13.0. The van der Waals surface area contributed by atoms with E-state index in [0.29, 0.717) is 12.8 Å². The first-order valence-corrected chi connectivity index (χ1v) is 9.50. The second kappa shape index (κ2) is 6.80. The molecule has 2 rings (SSSR count). The molecule has 1 atom stereocenters. The van der Waals surface area contributed by atoms with Gasteiger partial charge < -0.3 is 14.6 Å². The molecule has 0 radical (unpaired) electrons. The molecule has 1 fully saturated rings. The molecule has 8 nitrogen and oxygen atoms in total. The molecule has 1 aromatic heterocycles. The van der Waals surface area contributed by atoms with Gasteiger partial charge in [-0.1, -0.05) is 0 Å². The van der Waals surface area contributed by atoms with Crippen LogP contribution in [-0.2, 0) is 26.6 Å². The van der Waals surface area contributed by atoms with Crippen LogP contribution in [0.1, 0.15) is 44.1 Å². The Morgan fingerprint density at radius 3 is 2.52 bits per heavy atom. The van der Waals surface area contributed by atoms with Crippen LogP contribution in [0.25, 0.3) is 0 Å². The van der Waals surface area contributed by atoms with Crippen LogP contribution in [0.3, 0.4) is 0 Å². The molecule has 0 aromatic carbocycles. The van der Waals surface area contributed by atoms with Crippen molar-refractivity contribution in [1.82, 2.24) is 14.2 Å². The number of rotatable bonds is 4. The number of methoxy groups -OCH3 is 1. The zero-order chi connectivity index (χ0) is 19.0. The maximum Gasteiger partial charge on any atom is 0.354 e. The monoisotopic (exact) mass is 371 g/mol. The summed E-state index contributed by atoms with van der Waals surface area (Å²) in [4.78, 5) is 24.2. The van der Waals surface area contributed by atoms with E-state index in [2.05, 4.69) is 10.1 Å². The lowest BCUT2D eigenvalue weighted by atomic mass is 10.1. The first-order chi connectivity index (χ1) is 11.5. The minimum absolute atomic E-state index is 0.0224. The summed E-state index contributed by atoms with van der Waals surface area (Å²) in [5, 5.41) is 2.83. The van der Waals surface area contributed by atoms with Crippen molar-refractivity contribution in [2.75, 3.05) is 13.7 Å². The predicted octanol–water partition coefficient (Wildman–Crippen LogP) is 0.880. The summed E-state index contributed by atoms with van der Waals surface area (Å²) < 4.78 is 33.2. The number of esters is 1. The molecule has 1 aliphatic heterocycles. The average molecular weight is 371 g/mol. The first kappa shape index (κ1) is 19.5. The van der Waals surface area contributed by atoms with E-state index in [9.17, 15) is 18.0 Å². The molecule has 9 heteroatoms. The third kappa shape index (κ3) is 4.04. The third-order valence-corrected chi connectivity index (χ3v) is 5.86. The highest BCUT2D eigenvalue weighted by atomic mass is 32.2. The van der Waals surface area contributed by atoms with Gasteiger partial charge in [-0.15, -0.1) is 0 Å². The SMILES string of the molecule is COC(=O)c1cc(S(=O)(=O)N2CCCC2C(=O)NC(C)(C)C)cn1C. The molecule has 1 amide bonds. The number of ether oxygens (including phenoxy) is 1. The summed E-state index contributed by atoms with van der Waals surface area (Å²) in [7, 11) is -1.09. The summed E-state index contributed by atoms with van der Waals surface area (Å²) >= 11 is 0. The van der Waals surface area contributed by atoms with Crippen LogP contribution in [0.5, 0.6) is 0 Å². The van der Waals surface area contributed by atoms with Gasteiger partial charge in [0, 0.05) is 25.3 Å². The smallest absolute Gasteiger partial charge is 0.354 e. The Kier molecular flexibility index (Phi) is 5.29. The van der Waals surface area contributed by atoms with Crippen LogP contribution < -0.4 is 5.32 Å². The van der Waals surface area contributed by atoms with Crippen molar-refractivity contribution in [3.8, 4) is 0 Å². The van der Waals surface area contributed by atoms with Crippen LogP contribution in [-0.4, -0.2) is 54.4 Å². The zero-order valence-electron chi connectivity index (χ0n) is 15.2. The Labute approximate surface area is 148 Å². The fourth-order valence-corrected chi connectivity index (χ4v) is 4.59. The summed E-state index contributed by atoms with van der Waals surface area (Å²) in [6.45, 7) is 5.81. The van der Waals surface area contributed by atoms with E-state index >= 15 is 0 Å². The predicted molar refractivity (Wildman–Crippen MR) is 91.6 cm³/mol. The van der Waals surface area contributed by atoms with E-state index in [1.54, 1.807) is 7.05 Å². The number of hydrogen-bond acceptors (Lipinski definition) is 5. The van der Waals surface area contributed by atoms with Crippen molar-refractivity contribution >= 4 is 21.9 Å². The van der Waals surface area contributed by atoms with Gasteiger partial charge in [-0.2, -0.15) is 4.31 Å². The van der Waals surface area contributed by atoms with Gasteiger partial charge in [0.25, 0.3) is 0 Å². The van der Waals surface area contributed by atoms with Crippen LogP contribution >= 0.6 is 0 Å². The van der Waals surface area contributed by atoms with E-state index in [1.165, 1.54) is 28.2 Å². The van der Waals surface area contributed by atoms with Crippen molar-refractivity contribution in [3.05, 3.63) is 18.0 Å². The maximum absolute atomic E-state index is 13.0. The summed E-state index contributed by atoms with van der Waals surface area (Å²) in [6.07, 6.45) is 2.44. The second-order valence-electron chi connectivity index (χ2n) is 7.18. The molecule has 1 unspecified atom stereocenters. The van der Waals surface area contributed by atoms with E-state index < -0.39 is 27.6 Å². The Morgan fingerprint density at radius 1 is 1.32 bits per heavy atom. The van der Waals surface area contributed by atoms with Gasteiger partial charge in [-0.25, -0.2) is 13.2 Å². The van der Waals surface area contributed by atoms with Crippen LogP contribution in [0.4, 0.5) is 0 Å². The summed E-state index contributed by atoms with van der Waals surface area (Å²) in [5.74, 6) is -0.926. The van der Waals surface area contributed by atoms with Gasteiger partial charge in [0.05, 0.1) is 7.11 Å². The van der Waals surface area contributed by atoms with Gasteiger partial charge in [-0.05, 0) is 39.7 Å². The van der Waals surface area contributed by atoms with E-state index in [4.69, 9.17) is 0 Å². The molecule has 1 N–H and O–H groups in total. The minimum atomic E-state index is -3.89. The third-order valence-electron chi connectivity index (χ3n) is 3.99. The molecule has 2 heterocycles. The largest absolute Gasteiger partial charge is 0.464 e. The fourth-order valence-electron chi connectivity index (χ4n) is 2.86. The normalized spacial score (nSPS) is 19.0. The highest BCUT2D eigenvalue weighted by molar-refractivity contribution is 7.89. The number of aromatic nitrogens is 1. The Hall–Kier alpha value is -1.87. The Balaban J connectivity index is 2.32. The number of carbonyl (C=O) groups is 2. The number of hydrogen-bond donors (Lipinski definition) is 1. The summed E-state index contributed by atoms with van der Waals surface area (Å²) in [6, 6.07) is 0.532. The van der Waals surface area contributed by atoms with Crippen LogP contribution in [0, 0.1) is 0 Å². The minimum Gasteiger partial charge on any atom is -0.464 e. The van der Waals surface area contributed by atoms with Crippen molar-refractivity contribution in [2.24, 2.45) is 7.05 Å². The number of nitrogens with one attached hydrogen (secondary N) is 1. The van der Waals surface area contributed by atoms with Crippen molar-refractivity contribution < 1.29 is 22.7 Å². The number of nitrogens with zero attached hydrogens (tertiary/aromatic N) is 2. The standard InChI is InChI=1S/C16H25N3O5S/c1-16(2,3)17-14(20)12-7-6-8-19(12)25(22,23)11-9-13(15(21)24-5)18(4)10-11/h9-10,12H,6-8H2,1-5H3,(H,17,20). The molecule has 1 aliphatic rings. The molecule has 0 saturated carbocycles. The molecular weight excluding hydrogens is 346 g/mol. The topological polar surface area (TPSA) is 97.7 Å². The molecular formula is C16H25N3O5S. The quantitative estimate of drug-likeness (QED) is 0.793. The van der Waals surface area contributed by atoms with Crippen molar-refractivity contribution in [1.29, 1.82) is 0 Å². The average Bonchev–Trinajstić information content (AvgIpc) is 3.11. The fraction of sp³-hybridized carbons (Fsp3) is 0.625. The second-order valence-corrected chi connectivity index (χ2v) is 9.07. The van der Waals surface area contributed by atoms with Gasteiger partial charge in [-0.3, -0.25) is 4.79 Å². The number of amides is 1. The molecule has 25 heavy (non-hydrogen) atoms. The van der Waals surface area contributed by atoms with Crippen molar-refractivity contribution in [2.45, 2.75) is 50.1 Å².